The Morgan fingerprint density at radius 1 is 0.897 bits per heavy atom. The zero-order chi connectivity index (χ0) is 20.2. The summed E-state index contributed by atoms with van der Waals surface area (Å²) in [6.07, 6.45) is 1.38. The fraction of sp³-hybridized carbons (Fsp3) is 0.0400. The number of benzene rings is 4. The van der Waals surface area contributed by atoms with Gasteiger partial charge in [0.2, 0.25) is 0 Å². The Bertz CT molecular complexity index is 1290. The molecule has 1 N–H and O–H groups in total. The van der Waals surface area contributed by atoms with Gasteiger partial charge >= 0.3 is 5.97 Å². The molecule has 0 saturated heterocycles. The van der Waals surface area contributed by atoms with Gasteiger partial charge in [0.1, 0.15) is 24.0 Å². The van der Waals surface area contributed by atoms with E-state index >= 15 is 0 Å². The van der Waals surface area contributed by atoms with E-state index < -0.39 is 5.97 Å². The summed E-state index contributed by atoms with van der Waals surface area (Å²) in [5, 5.41) is 22.5. The van der Waals surface area contributed by atoms with Gasteiger partial charge < -0.3 is 9.84 Å². The predicted octanol–water partition coefficient (Wildman–Crippen LogP) is 5.56. The van der Waals surface area contributed by atoms with Crippen LogP contribution >= 0.6 is 0 Å². The van der Waals surface area contributed by atoms with Gasteiger partial charge in [0.15, 0.2) is 0 Å². The zero-order valence-electron chi connectivity index (χ0n) is 15.5. The van der Waals surface area contributed by atoms with Crippen LogP contribution in [0.3, 0.4) is 0 Å². The molecule has 29 heavy (non-hydrogen) atoms. The van der Waals surface area contributed by atoms with Gasteiger partial charge in [-0.1, -0.05) is 72.8 Å². The van der Waals surface area contributed by atoms with Crippen molar-refractivity contribution in [1.82, 2.24) is 0 Å². The number of fused-ring (bicyclic) bond motifs is 2. The van der Waals surface area contributed by atoms with Gasteiger partial charge in [-0.2, -0.15) is 5.26 Å². The van der Waals surface area contributed by atoms with Crippen LogP contribution in [0.4, 0.5) is 0 Å². The van der Waals surface area contributed by atoms with Crippen LogP contribution in [0.25, 0.3) is 27.6 Å². The van der Waals surface area contributed by atoms with E-state index in [0.29, 0.717) is 17.9 Å². The molecule has 4 rings (SSSR count). The maximum absolute atomic E-state index is 11.4. The van der Waals surface area contributed by atoms with E-state index in [0.717, 1.165) is 27.1 Å². The number of rotatable bonds is 5. The van der Waals surface area contributed by atoms with Gasteiger partial charge in [-0.15, -0.1) is 0 Å². The highest BCUT2D eigenvalue weighted by molar-refractivity contribution is 6.01. The molecular formula is C25H17NO3. The molecule has 0 spiro atoms. The number of hydrogen-bond donors (Lipinski definition) is 1. The van der Waals surface area contributed by atoms with E-state index in [-0.39, 0.29) is 5.57 Å². The Labute approximate surface area is 167 Å². The van der Waals surface area contributed by atoms with Crippen molar-refractivity contribution in [1.29, 1.82) is 5.26 Å². The molecule has 0 aliphatic rings. The third-order valence-corrected chi connectivity index (χ3v) is 4.83. The highest BCUT2D eigenvalue weighted by Crippen LogP contribution is 2.31. The van der Waals surface area contributed by atoms with Crippen molar-refractivity contribution < 1.29 is 14.6 Å². The van der Waals surface area contributed by atoms with Crippen LogP contribution in [0.5, 0.6) is 5.75 Å². The zero-order valence-corrected chi connectivity index (χ0v) is 15.5. The number of ether oxygens (including phenoxy) is 1. The minimum atomic E-state index is -1.26. The number of carboxylic acid groups (broad SMARTS) is 1. The van der Waals surface area contributed by atoms with E-state index in [1.54, 1.807) is 6.07 Å². The first-order valence-electron chi connectivity index (χ1n) is 9.13. The molecule has 0 atom stereocenters. The van der Waals surface area contributed by atoms with Crippen molar-refractivity contribution in [3.8, 4) is 11.8 Å². The molecule has 0 aliphatic heterocycles. The predicted molar refractivity (Wildman–Crippen MR) is 113 cm³/mol. The van der Waals surface area contributed by atoms with Crippen LogP contribution in [0.15, 0.2) is 84.4 Å². The van der Waals surface area contributed by atoms with E-state index in [1.165, 1.54) is 6.08 Å². The fourth-order valence-electron chi connectivity index (χ4n) is 3.41. The molecule has 4 heteroatoms. The summed E-state index contributed by atoms with van der Waals surface area (Å²) in [4.78, 5) is 11.4. The van der Waals surface area contributed by atoms with Crippen LogP contribution in [0.2, 0.25) is 0 Å². The highest BCUT2D eigenvalue weighted by Gasteiger charge is 2.13. The lowest BCUT2D eigenvalue weighted by Crippen LogP contribution is -2.01. The van der Waals surface area contributed by atoms with Gasteiger partial charge in [-0.05, 0) is 39.3 Å². The Kier molecular flexibility index (Phi) is 4.96. The average Bonchev–Trinajstić information content (AvgIpc) is 2.76. The van der Waals surface area contributed by atoms with Gasteiger partial charge in [0.25, 0.3) is 0 Å². The molecule has 0 aromatic heterocycles. The normalized spacial score (nSPS) is 11.3. The molecule has 4 nitrogen and oxygen atoms in total. The van der Waals surface area contributed by atoms with Crippen LogP contribution < -0.4 is 4.74 Å². The quantitative estimate of drug-likeness (QED) is 0.364. The van der Waals surface area contributed by atoms with Crippen LogP contribution in [-0.2, 0) is 11.4 Å². The Balaban J connectivity index is 1.78. The smallest absolute Gasteiger partial charge is 0.346 e. The number of nitriles is 1. The van der Waals surface area contributed by atoms with Gasteiger partial charge in [-0.3, -0.25) is 0 Å². The van der Waals surface area contributed by atoms with Crippen molar-refractivity contribution in [2.75, 3.05) is 0 Å². The monoisotopic (exact) mass is 379 g/mol. The van der Waals surface area contributed by atoms with Crippen molar-refractivity contribution >= 4 is 33.6 Å². The minimum Gasteiger partial charge on any atom is -0.488 e. The number of aliphatic carboxylic acids is 1. The van der Waals surface area contributed by atoms with Crippen molar-refractivity contribution in [2.24, 2.45) is 0 Å². The summed E-state index contributed by atoms with van der Waals surface area (Å²) in [6.45, 7) is 0.329. The first-order chi connectivity index (χ1) is 14.2. The Hall–Kier alpha value is -4.10. The van der Waals surface area contributed by atoms with E-state index in [9.17, 15) is 15.2 Å². The Morgan fingerprint density at radius 2 is 1.55 bits per heavy atom. The summed E-state index contributed by atoms with van der Waals surface area (Å²) in [5.74, 6) is -0.730. The Morgan fingerprint density at radius 3 is 2.28 bits per heavy atom. The lowest BCUT2D eigenvalue weighted by molar-refractivity contribution is -0.132. The molecule has 0 unspecified atom stereocenters. The topological polar surface area (TPSA) is 70.3 Å². The highest BCUT2D eigenvalue weighted by atomic mass is 16.5. The molecule has 0 heterocycles. The lowest BCUT2D eigenvalue weighted by Gasteiger charge is -2.13. The third kappa shape index (κ3) is 3.67. The standard InChI is InChI=1S/C25H17NO3/c26-15-20(25(27)28)14-23-22-11-4-2-7-18(22)12-13-24(23)29-16-19-9-5-8-17-6-1-3-10-21(17)19/h1-14H,16H2,(H,27,28). The summed E-state index contributed by atoms with van der Waals surface area (Å²) in [7, 11) is 0. The van der Waals surface area contributed by atoms with Crippen LogP contribution in [0, 0.1) is 11.3 Å². The molecule has 0 fully saturated rings. The summed E-state index contributed by atoms with van der Waals surface area (Å²) >= 11 is 0. The van der Waals surface area contributed by atoms with Crippen molar-refractivity contribution in [2.45, 2.75) is 6.61 Å². The van der Waals surface area contributed by atoms with E-state index in [1.807, 2.05) is 66.7 Å². The summed E-state index contributed by atoms with van der Waals surface area (Å²) in [6, 6.07) is 27.2. The van der Waals surface area contributed by atoms with Crippen molar-refractivity contribution in [3.63, 3.8) is 0 Å². The van der Waals surface area contributed by atoms with Gasteiger partial charge in [0, 0.05) is 5.56 Å². The molecule has 140 valence electrons. The van der Waals surface area contributed by atoms with Gasteiger partial charge in [-0.25, -0.2) is 4.79 Å². The first-order valence-corrected chi connectivity index (χ1v) is 9.13. The molecule has 4 aromatic carbocycles. The molecule has 0 amide bonds. The SMILES string of the molecule is N#CC(=Cc1c(OCc2cccc3ccccc23)ccc2ccccc12)C(=O)O. The number of nitrogens with zero attached hydrogens (tertiary/aromatic N) is 1. The molecule has 0 saturated carbocycles. The second-order valence-corrected chi connectivity index (χ2v) is 6.60. The second kappa shape index (κ2) is 7.87. The third-order valence-electron chi connectivity index (χ3n) is 4.83. The maximum Gasteiger partial charge on any atom is 0.346 e. The number of carboxylic acids is 1. The molecule has 0 bridgehead atoms. The second-order valence-electron chi connectivity index (χ2n) is 6.60. The number of hydrogen-bond acceptors (Lipinski definition) is 3. The summed E-state index contributed by atoms with van der Waals surface area (Å²) in [5.41, 5.74) is 1.28. The van der Waals surface area contributed by atoms with E-state index in [4.69, 9.17) is 4.74 Å². The largest absolute Gasteiger partial charge is 0.488 e. The molecular weight excluding hydrogens is 362 g/mol. The molecule has 0 aliphatic carbocycles. The van der Waals surface area contributed by atoms with Crippen molar-refractivity contribution in [3.05, 3.63) is 95.6 Å². The number of carbonyl (C=O) groups is 1. The molecule has 4 aromatic rings. The molecule has 0 radical (unpaired) electrons. The average molecular weight is 379 g/mol. The fourth-order valence-corrected chi connectivity index (χ4v) is 3.41. The maximum atomic E-state index is 11.4. The van der Waals surface area contributed by atoms with Crippen LogP contribution in [-0.4, -0.2) is 11.1 Å². The van der Waals surface area contributed by atoms with Crippen LogP contribution in [0.1, 0.15) is 11.1 Å². The van der Waals surface area contributed by atoms with E-state index in [2.05, 4.69) is 12.1 Å². The lowest BCUT2D eigenvalue weighted by atomic mass is 10.0. The first kappa shape index (κ1) is 18.3. The minimum absolute atomic E-state index is 0.329. The summed E-state index contributed by atoms with van der Waals surface area (Å²) < 4.78 is 6.12. The van der Waals surface area contributed by atoms with Gasteiger partial charge in [0.05, 0.1) is 0 Å².